The van der Waals surface area contributed by atoms with Crippen LogP contribution < -0.4 is 17.2 Å². The first-order chi connectivity index (χ1) is 5.54. The standard InChI is InChI=1S/C6H14N4O2.Ge/c7-4(5(11)12)2-1-3-10-6(8)9;/h4H,1-3,7H2,(H,11,12)(H4,8,9,10);/t4-;/m0./s1. The predicted octanol–water partition coefficient (Wildman–Crippen LogP) is -1.93. The molecule has 0 aliphatic rings. The number of nitrogens with two attached hydrogens (primary N) is 3. The van der Waals surface area contributed by atoms with Crippen molar-refractivity contribution < 1.29 is 9.90 Å². The largest absolute Gasteiger partial charge is 0.480 e. The van der Waals surface area contributed by atoms with Crippen LogP contribution in [0.15, 0.2) is 4.99 Å². The van der Waals surface area contributed by atoms with Crippen molar-refractivity contribution >= 4 is 29.5 Å². The molecule has 0 aromatic carbocycles. The molecular weight excluding hydrogens is 233 g/mol. The summed E-state index contributed by atoms with van der Waals surface area (Å²) in [6.07, 6.45) is 0.956. The fourth-order valence-electron chi connectivity index (χ4n) is 0.643. The number of hydrogen-bond acceptors (Lipinski definition) is 3. The quantitative estimate of drug-likeness (QED) is 0.194. The Bertz CT molecular complexity index is 181. The Balaban J connectivity index is 0. The molecule has 0 fully saturated rings. The minimum Gasteiger partial charge on any atom is -0.480 e. The SMILES string of the molecule is NC(N)=NCCC[C@H](N)C(=O)O.[Ge]. The number of aliphatic carboxylic acids is 1. The van der Waals surface area contributed by atoms with Gasteiger partial charge in [0.05, 0.1) is 0 Å². The van der Waals surface area contributed by atoms with Gasteiger partial charge in [-0.05, 0) is 12.8 Å². The zero-order valence-corrected chi connectivity index (χ0v) is 9.33. The summed E-state index contributed by atoms with van der Waals surface area (Å²) in [4.78, 5) is 13.9. The van der Waals surface area contributed by atoms with Gasteiger partial charge in [-0.25, -0.2) is 0 Å². The Kier molecular flexibility index (Phi) is 8.93. The van der Waals surface area contributed by atoms with Crippen LogP contribution >= 0.6 is 0 Å². The van der Waals surface area contributed by atoms with Gasteiger partial charge >= 0.3 is 5.97 Å². The molecule has 0 amide bonds. The molecule has 7 heteroatoms. The average molecular weight is 247 g/mol. The minimum absolute atomic E-state index is 0. The van der Waals surface area contributed by atoms with Gasteiger partial charge in [-0.2, -0.15) is 0 Å². The van der Waals surface area contributed by atoms with E-state index < -0.39 is 12.0 Å². The first-order valence-electron chi connectivity index (χ1n) is 3.58. The summed E-state index contributed by atoms with van der Waals surface area (Å²) < 4.78 is 0. The molecule has 0 spiro atoms. The first-order valence-corrected chi connectivity index (χ1v) is 3.58. The van der Waals surface area contributed by atoms with Gasteiger partial charge in [-0.15, -0.1) is 0 Å². The van der Waals surface area contributed by atoms with Crippen molar-refractivity contribution in [2.24, 2.45) is 22.2 Å². The van der Waals surface area contributed by atoms with Gasteiger partial charge in [0.15, 0.2) is 5.96 Å². The van der Waals surface area contributed by atoms with Crippen molar-refractivity contribution in [3.63, 3.8) is 0 Å². The maximum atomic E-state index is 10.2. The van der Waals surface area contributed by atoms with E-state index in [4.69, 9.17) is 22.3 Å². The van der Waals surface area contributed by atoms with E-state index >= 15 is 0 Å². The summed E-state index contributed by atoms with van der Waals surface area (Å²) in [5.74, 6) is -0.987. The monoisotopic (exact) mass is 248 g/mol. The third-order valence-electron chi connectivity index (χ3n) is 1.28. The van der Waals surface area contributed by atoms with Crippen molar-refractivity contribution in [1.29, 1.82) is 0 Å². The molecule has 74 valence electrons. The van der Waals surface area contributed by atoms with Gasteiger partial charge in [-0.3, -0.25) is 9.79 Å². The molecule has 4 radical (unpaired) electrons. The van der Waals surface area contributed by atoms with Crippen LogP contribution in [0.4, 0.5) is 0 Å². The van der Waals surface area contributed by atoms with Crippen LogP contribution in [0, 0.1) is 0 Å². The molecule has 7 N–H and O–H groups in total. The molecule has 0 aliphatic heterocycles. The Morgan fingerprint density at radius 1 is 1.46 bits per heavy atom. The van der Waals surface area contributed by atoms with Gasteiger partial charge in [0.1, 0.15) is 6.04 Å². The second-order valence-corrected chi connectivity index (χ2v) is 2.39. The predicted molar refractivity (Wildman–Crippen MR) is 51.3 cm³/mol. The molecule has 0 aliphatic carbocycles. The van der Waals surface area contributed by atoms with Gasteiger partial charge in [0, 0.05) is 24.1 Å². The van der Waals surface area contributed by atoms with Crippen molar-refractivity contribution in [2.45, 2.75) is 18.9 Å². The van der Waals surface area contributed by atoms with E-state index in [9.17, 15) is 4.79 Å². The van der Waals surface area contributed by atoms with E-state index in [1.807, 2.05) is 0 Å². The number of aliphatic imine (C=N–C) groups is 1. The molecule has 0 saturated carbocycles. The van der Waals surface area contributed by atoms with Crippen molar-refractivity contribution in [3.05, 3.63) is 0 Å². The van der Waals surface area contributed by atoms with Gasteiger partial charge in [0.25, 0.3) is 0 Å². The maximum absolute atomic E-state index is 10.2. The Labute approximate surface area is 87.5 Å². The third-order valence-corrected chi connectivity index (χ3v) is 1.28. The van der Waals surface area contributed by atoms with E-state index in [0.717, 1.165) is 0 Å². The van der Waals surface area contributed by atoms with Gasteiger partial charge < -0.3 is 22.3 Å². The number of carbonyl (C=O) groups is 1. The second kappa shape index (κ2) is 7.87. The summed E-state index contributed by atoms with van der Waals surface area (Å²) in [6, 6.07) is -0.820. The molecule has 0 bridgehead atoms. The first kappa shape index (κ1) is 14.8. The van der Waals surface area contributed by atoms with E-state index in [1.54, 1.807) is 0 Å². The normalized spacial score (nSPS) is 11.2. The number of carboxylic acids is 1. The van der Waals surface area contributed by atoms with Crippen LogP contribution in [0.25, 0.3) is 0 Å². The summed E-state index contributed by atoms with van der Waals surface area (Å²) in [5.41, 5.74) is 15.3. The summed E-state index contributed by atoms with van der Waals surface area (Å²) in [7, 11) is 0. The van der Waals surface area contributed by atoms with E-state index in [2.05, 4.69) is 4.99 Å². The zero-order chi connectivity index (χ0) is 9.56. The van der Waals surface area contributed by atoms with Crippen molar-refractivity contribution in [2.75, 3.05) is 6.54 Å². The summed E-state index contributed by atoms with van der Waals surface area (Å²) in [6.45, 7) is 0.420. The van der Waals surface area contributed by atoms with Crippen LogP contribution in [0.1, 0.15) is 12.8 Å². The van der Waals surface area contributed by atoms with E-state index in [-0.39, 0.29) is 23.6 Å². The molecule has 0 saturated heterocycles. The van der Waals surface area contributed by atoms with Crippen LogP contribution in [0.3, 0.4) is 0 Å². The molecule has 0 unspecified atom stereocenters. The second-order valence-electron chi connectivity index (χ2n) is 2.39. The van der Waals surface area contributed by atoms with Crippen LogP contribution in [-0.2, 0) is 4.79 Å². The van der Waals surface area contributed by atoms with Crippen molar-refractivity contribution in [1.82, 2.24) is 0 Å². The number of carboxylic acid groups (broad SMARTS) is 1. The number of hydrogen-bond donors (Lipinski definition) is 4. The minimum atomic E-state index is -1.00. The zero-order valence-electron chi connectivity index (χ0n) is 7.23. The number of guanidine groups is 1. The topological polar surface area (TPSA) is 128 Å². The maximum Gasteiger partial charge on any atom is 0.320 e. The molecule has 0 aromatic rings. The van der Waals surface area contributed by atoms with Crippen LogP contribution in [-0.4, -0.2) is 47.2 Å². The van der Waals surface area contributed by atoms with Crippen LogP contribution in [0.2, 0.25) is 0 Å². The average Bonchev–Trinajstić information content (AvgIpc) is 1.97. The summed E-state index contributed by atoms with van der Waals surface area (Å²) in [5, 5.41) is 8.38. The van der Waals surface area contributed by atoms with E-state index in [1.165, 1.54) is 0 Å². The molecular formula is C6H14GeN4O2. The molecule has 13 heavy (non-hydrogen) atoms. The number of rotatable bonds is 5. The molecule has 6 nitrogen and oxygen atoms in total. The van der Waals surface area contributed by atoms with Crippen molar-refractivity contribution in [3.8, 4) is 0 Å². The molecule has 0 heterocycles. The smallest absolute Gasteiger partial charge is 0.320 e. The Morgan fingerprint density at radius 3 is 2.38 bits per heavy atom. The van der Waals surface area contributed by atoms with Gasteiger partial charge in [-0.1, -0.05) is 0 Å². The molecule has 1 atom stereocenters. The summed E-state index contributed by atoms with van der Waals surface area (Å²) >= 11 is 0. The van der Waals surface area contributed by atoms with Gasteiger partial charge in [0.2, 0.25) is 0 Å². The third kappa shape index (κ3) is 9.15. The molecule has 0 rings (SSSR count). The fourth-order valence-corrected chi connectivity index (χ4v) is 0.643. The van der Waals surface area contributed by atoms with E-state index in [0.29, 0.717) is 19.4 Å². The molecule has 0 aromatic heterocycles. The fraction of sp³-hybridized carbons (Fsp3) is 0.667. The number of nitrogens with zero attached hydrogens (tertiary/aromatic N) is 1. The van der Waals surface area contributed by atoms with Crippen LogP contribution in [0.5, 0.6) is 0 Å². The Hall–Kier alpha value is -0.757. The Morgan fingerprint density at radius 2 is 2.00 bits per heavy atom.